The van der Waals surface area contributed by atoms with Crippen LogP contribution in [0.2, 0.25) is 0 Å². The summed E-state index contributed by atoms with van der Waals surface area (Å²) in [5.41, 5.74) is 2.70. The van der Waals surface area contributed by atoms with E-state index in [0.717, 1.165) is 5.69 Å². The minimum atomic E-state index is -0.500. The molecule has 1 fully saturated rings. The van der Waals surface area contributed by atoms with E-state index in [4.69, 9.17) is 4.74 Å². The van der Waals surface area contributed by atoms with Gasteiger partial charge in [-0.05, 0) is 24.3 Å². The number of ether oxygens (including phenoxy) is 1. The molecule has 0 aliphatic carbocycles. The first-order valence-electron chi connectivity index (χ1n) is 8.04. The van der Waals surface area contributed by atoms with E-state index in [1.165, 1.54) is 52.3 Å². The van der Waals surface area contributed by atoms with Crippen molar-refractivity contribution in [2.45, 2.75) is 12.5 Å². The number of carbonyl (C=O) groups excluding carboxylic acids is 2. The molecule has 3 rings (SSSR count). The van der Waals surface area contributed by atoms with E-state index in [0.29, 0.717) is 30.3 Å². The minimum absolute atomic E-state index is 0.166. The number of benzene rings is 1. The second kappa shape index (κ2) is 9.00. The van der Waals surface area contributed by atoms with E-state index < -0.39 is 6.04 Å². The molecule has 1 aliphatic rings. The number of nitrogens with one attached hydrogen (secondary N) is 1. The molecule has 0 bridgehead atoms. The molecular formula is C17H18FN3O3S2. The Morgan fingerprint density at radius 1 is 1.35 bits per heavy atom. The highest BCUT2D eigenvalue weighted by molar-refractivity contribution is 7.99. The number of hydrogen-bond acceptors (Lipinski definition) is 6. The molecule has 0 saturated carbocycles. The highest BCUT2D eigenvalue weighted by Crippen LogP contribution is 2.21. The van der Waals surface area contributed by atoms with Gasteiger partial charge in [-0.3, -0.25) is 9.59 Å². The van der Waals surface area contributed by atoms with E-state index in [-0.39, 0.29) is 24.2 Å². The van der Waals surface area contributed by atoms with Crippen LogP contribution in [-0.2, 0) is 16.0 Å². The van der Waals surface area contributed by atoms with Crippen molar-refractivity contribution in [2.75, 3.05) is 24.8 Å². The molecule has 1 saturated heterocycles. The number of carbonyl (C=O) groups is 2. The van der Waals surface area contributed by atoms with Crippen LogP contribution in [0, 0.1) is 5.82 Å². The lowest BCUT2D eigenvalue weighted by Crippen LogP contribution is -2.48. The SMILES string of the molecule is O=C(NCCc1cscn1)[C@H]1CSCN1C(=O)COc1ccc(F)cc1. The first-order chi connectivity index (χ1) is 12.6. The standard InChI is InChI=1S/C17H18FN3O3S2/c18-12-1-3-14(4-2-12)24-7-16(22)21-11-26-9-15(21)17(23)19-6-5-13-8-25-10-20-13/h1-4,8,10,15H,5-7,9,11H2,(H,19,23)/t15-/m1/s1. The molecule has 2 heterocycles. The lowest BCUT2D eigenvalue weighted by molar-refractivity contribution is -0.139. The van der Waals surface area contributed by atoms with Gasteiger partial charge >= 0.3 is 0 Å². The maximum absolute atomic E-state index is 12.9. The summed E-state index contributed by atoms with van der Waals surface area (Å²) in [6.07, 6.45) is 0.663. The number of thioether (sulfide) groups is 1. The predicted molar refractivity (Wildman–Crippen MR) is 98.7 cm³/mol. The van der Waals surface area contributed by atoms with Crippen LogP contribution in [0.15, 0.2) is 35.2 Å². The third kappa shape index (κ3) is 4.95. The predicted octanol–water partition coefficient (Wildman–Crippen LogP) is 1.92. The van der Waals surface area contributed by atoms with Crippen LogP contribution < -0.4 is 10.1 Å². The number of hydrogen-bond donors (Lipinski definition) is 1. The maximum Gasteiger partial charge on any atom is 0.261 e. The summed E-state index contributed by atoms with van der Waals surface area (Å²) in [4.78, 5) is 30.5. The summed E-state index contributed by atoms with van der Waals surface area (Å²) in [5.74, 6) is 0.629. The third-order valence-corrected chi connectivity index (χ3v) is 5.49. The molecule has 9 heteroatoms. The monoisotopic (exact) mass is 395 g/mol. The van der Waals surface area contributed by atoms with Gasteiger partial charge in [0.25, 0.3) is 5.91 Å². The van der Waals surface area contributed by atoms with Crippen molar-refractivity contribution in [2.24, 2.45) is 0 Å². The first kappa shape index (κ1) is 18.7. The molecule has 1 aliphatic heterocycles. The van der Waals surface area contributed by atoms with Crippen LogP contribution in [0.5, 0.6) is 5.75 Å². The van der Waals surface area contributed by atoms with Gasteiger partial charge in [0, 0.05) is 24.1 Å². The second-order valence-corrected chi connectivity index (χ2v) is 7.36. The van der Waals surface area contributed by atoms with Gasteiger partial charge in [0.1, 0.15) is 17.6 Å². The van der Waals surface area contributed by atoms with Crippen LogP contribution >= 0.6 is 23.1 Å². The molecule has 2 amide bonds. The van der Waals surface area contributed by atoms with E-state index in [2.05, 4.69) is 10.3 Å². The Bertz CT molecular complexity index is 740. The number of amides is 2. The van der Waals surface area contributed by atoms with Crippen molar-refractivity contribution in [1.82, 2.24) is 15.2 Å². The van der Waals surface area contributed by atoms with Crippen molar-refractivity contribution < 1.29 is 18.7 Å². The van der Waals surface area contributed by atoms with Crippen molar-refractivity contribution >= 4 is 34.9 Å². The zero-order valence-corrected chi connectivity index (χ0v) is 15.5. The van der Waals surface area contributed by atoms with Crippen molar-refractivity contribution in [3.05, 3.63) is 46.7 Å². The molecule has 1 N–H and O–H groups in total. The van der Waals surface area contributed by atoms with E-state index in [9.17, 15) is 14.0 Å². The molecule has 0 radical (unpaired) electrons. The minimum Gasteiger partial charge on any atom is -0.484 e. The Labute approximate surface area is 158 Å². The Balaban J connectivity index is 1.47. The topological polar surface area (TPSA) is 71.5 Å². The van der Waals surface area contributed by atoms with Crippen LogP contribution in [0.3, 0.4) is 0 Å². The van der Waals surface area contributed by atoms with E-state index in [1.807, 2.05) is 5.38 Å². The smallest absolute Gasteiger partial charge is 0.261 e. The van der Waals surface area contributed by atoms with Crippen LogP contribution in [-0.4, -0.2) is 52.5 Å². The highest BCUT2D eigenvalue weighted by Gasteiger charge is 2.34. The van der Waals surface area contributed by atoms with Crippen molar-refractivity contribution in [3.8, 4) is 5.75 Å². The van der Waals surface area contributed by atoms with Gasteiger partial charge in [0.2, 0.25) is 5.91 Å². The van der Waals surface area contributed by atoms with E-state index in [1.54, 1.807) is 5.51 Å². The molecule has 0 spiro atoms. The molecular weight excluding hydrogens is 377 g/mol. The van der Waals surface area contributed by atoms with E-state index >= 15 is 0 Å². The van der Waals surface area contributed by atoms with Crippen LogP contribution in [0.25, 0.3) is 0 Å². The van der Waals surface area contributed by atoms with Crippen molar-refractivity contribution in [3.63, 3.8) is 0 Å². The Kier molecular flexibility index (Phi) is 6.45. The molecule has 0 unspecified atom stereocenters. The summed E-state index contributed by atoms with van der Waals surface area (Å²) in [5, 5.41) is 4.81. The van der Waals surface area contributed by atoms with Crippen molar-refractivity contribution in [1.29, 1.82) is 0 Å². The molecule has 6 nitrogen and oxygen atoms in total. The van der Waals surface area contributed by atoms with Crippen LogP contribution in [0.4, 0.5) is 4.39 Å². The average molecular weight is 395 g/mol. The lowest BCUT2D eigenvalue weighted by Gasteiger charge is -2.23. The first-order valence-corrected chi connectivity index (χ1v) is 10.1. The fraction of sp³-hybridized carbons (Fsp3) is 0.353. The maximum atomic E-state index is 12.9. The fourth-order valence-corrected chi connectivity index (χ4v) is 4.23. The van der Waals surface area contributed by atoms with Gasteiger partial charge in [-0.1, -0.05) is 0 Å². The molecule has 1 aromatic heterocycles. The summed E-state index contributed by atoms with van der Waals surface area (Å²) in [6, 6.07) is 4.96. The Morgan fingerprint density at radius 3 is 2.88 bits per heavy atom. The fourth-order valence-electron chi connectivity index (χ4n) is 2.46. The lowest BCUT2D eigenvalue weighted by atomic mass is 10.2. The molecule has 26 heavy (non-hydrogen) atoms. The summed E-state index contributed by atoms with van der Waals surface area (Å²) in [7, 11) is 0. The summed E-state index contributed by atoms with van der Waals surface area (Å²) < 4.78 is 18.3. The van der Waals surface area contributed by atoms with Gasteiger partial charge in [0.15, 0.2) is 6.61 Å². The average Bonchev–Trinajstić information content (AvgIpc) is 3.32. The van der Waals surface area contributed by atoms with Gasteiger partial charge in [0.05, 0.1) is 17.1 Å². The highest BCUT2D eigenvalue weighted by atomic mass is 32.2. The molecule has 1 aromatic carbocycles. The zero-order chi connectivity index (χ0) is 18.4. The number of nitrogens with zero attached hydrogens (tertiary/aromatic N) is 2. The molecule has 1 atom stereocenters. The van der Waals surface area contributed by atoms with Crippen LogP contribution in [0.1, 0.15) is 5.69 Å². The number of halogens is 1. The van der Waals surface area contributed by atoms with Gasteiger partial charge < -0.3 is 15.0 Å². The van der Waals surface area contributed by atoms with Gasteiger partial charge in [-0.2, -0.15) is 0 Å². The Hall–Kier alpha value is -2.13. The quantitative estimate of drug-likeness (QED) is 0.776. The number of aromatic nitrogens is 1. The molecule has 138 valence electrons. The normalized spacial score (nSPS) is 16.5. The molecule has 2 aromatic rings. The zero-order valence-electron chi connectivity index (χ0n) is 13.9. The van der Waals surface area contributed by atoms with Gasteiger partial charge in [-0.15, -0.1) is 23.1 Å². The van der Waals surface area contributed by atoms with Gasteiger partial charge in [-0.25, -0.2) is 9.37 Å². The largest absolute Gasteiger partial charge is 0.484 e. The summed E-state index contributed by atoms with van der Waals surface area (Å²) in [6.45, 7) is 0.298. The third-order valence-electron chi connectivity index (χ3n) is 3.85. The number of thiazole rings is 1. The number of rotatable bonds is 7. The second-order valence-electron chi connectivity index (χ2n) is 5.64. The summed E-state index contributed by atoms with van der Waals surface area (Å²) >= 11 is 3.05. The Morgan fingerprint density at radius 2 is 2.15 bits per heavy atom.